The molecule has 0 amide bonds. The third-order valence-corrected chi connectivity index (χ3v) is 3.09. The molecule has 20 heavy (non-hydrogen) atoms. The van der Waals surface area contributed by atoms with E-state index in [0.717, 1.165) is 11.8 Å². The molecule has 0 radical (unpaired) electrons. The first-order chi connectivity index (χ1) is 9.36. The molecule has 0 fully saturated rings. The predicted molar refractivity (Wildman–Crippen MR) is 64.5 cm³/mol. The minimum atomic E-state index is -1.32. The Bertz CT molecular complexity index is 700. The van der Waals surface area contributed by atoms with Crippen LogP contribution in [0.5, 0.6) is 0 Å². The van der Waals surface area contributed by atoms with Crippen molar-refractivity contribution in [2.75, 3.05) is 7.11 Å². The number of hydrogen-bond donors (Lipinski definition) is 0. The van der Waals surface area contributed by atoms with Gasteiger partial charge in [-0.1, -0.05) is 11.6 Å². The summed E-state index contributed by atoms with van der Waals surface area (Å²) in [7, 11) is 1.13. The van der Waals surface area contributed by atoms with Crippen molar-refractivity contribution in [1.29, 1.82) is 0 Å². The molecule has 0 unspecified atom stereocenters. The van der Waals surface area contributed by atoms with Crippen LogP contribution in [0, 0.1) is 24.4 Å². The molecule has 1 aromatic carbocycles. The monoisotopic (exact) mass is 304 g/mol. The molecule has 0 saturated carbocycles. The zero-order valence-corrected chi connectivity index (χ0v) is 11.1. The lowest BCUT2D eigenvalue weighted by molar-refractivity contribution is 0.0593. The average molecular weight is 305 g/mol. The number of benzene rings is 1. The van der Waals surface area contributed by atoms with Gasteiger partial charge >= 0.3 is 5.97 Å². The first kappa shape index (κ1) is 14.4. The summed E-state index contributed by atoms with van der Waals surface area (Å²) in [5, 5.41) is 3.71. The molecule has 1 heterocycles. The first-order valence-corrected chi connectivity index (χ1v) is 5.73. The number of rotatable bonds is 2. The number of methoxy groups -OCH3 is 1. The van der Waals surface area contributed by atoms with Gasteiger partial charge in [0.1, 0.15) is 5.69 Å². The van der Waals surface area contributed by atoms with Crippen LogP contribution in [0.1, 0.15) is 16.2 Å². The SMILES string of the molecule is COC(=O)c1nn(-c2cc(F)c(F)cc2F)c(C)c1Cl. The topological polar surface area (TPSA) is 44.1 Å². The quantitative estimate of drug-likeness (QED) is 0.633. The number of esters is 1. The summed E-state index contributed by atoms with van der Waals surface area (Å²) in [6, 6.07) is 1.01. The van der Waals surface area contributed by atoms with E-state index in [1.54, 1.807) is 0 Å². The lowest BCUT2D eigenvalue weighted by Crippen LogP contribution is -2.07. The van der Waals surface area contributed by atoms with E-state index in [1.807, 2.05) is 0 Å². The third-order valence-electron chi connectivity index (χ3n) is 2.64. The summed E-state index contributed by atoms with van der Waals surface area (Å²) in [6.45, 7) is 1.45. The molecule has 1 aromatic heterocycles. The van der Waals surface area contributed by atoms with Gasteiger partial charge in [0.15, 0.2) is 23.1 Å². The molecular formula is C12H8ClF3N2O2. The molecule has 0 spiro atoms. The van der Waals surface area contributed by atoms with Crippen LogP contribution in [0.2, 0.25) is 5.02 Å². The lowest BCUT2D eigenvalue weighted by atomic mass is 10.2. The molecule has 2 aromatic rings. The summed E-state index contributed by atoms with van der Waals surface area (Å²) in [5.41, 5.74) is -0.411. The van der Waals surface area contributed by atoms with Gasteiger partial charge < -0.3 is 4.74 Å². The van der Waals surface area contributed by atoms with Crippen LogP contribution in [0.25, 0.3) is 5.69 Å². The Morgan fingerprint density at radius 1 is 1.25 bits per heavy atom. The maximum absolute atomic E-state index is 13.7. The summed E-state index contributed by atoms with van der Waals surface area (Å²) < 4.78 is 45.2. The number of ether oxygens (including phenoxy) is 1. The van der Waals surface area contributed by atoms with Crippen molar-refractivity contribution in [3.8, 4) is 5.69 Å². The normalized spacial score (nSPS) is 10.7. The largest absolute Gasteiger partial charge is 0.464 e. The van der Waals surface area contributed by atoms with Crippen molar-refractivity contribution >= 4 is 17.6 Å². The minimum Gasteiger partial charge on any atom is -0.464 e. The van der Waals surface area contributed by atoms with E-state index >= 15 is 0 Å². The van der Waals surface area contributed by atoms with E-state index < -0.39 is 23.4 Å². The first-order valence-electron chi connectivity index (χ1n) is 5.35. The van der Waals surface area contributed by atoms with E-state index in [-0.39, 0.29) is 22.1 Å². The Balaban J connectivity index is 2.65. The van der Waals surface area contributed by atoms with Crippen molar-refractivity contribution < 1.29 is 22.7 Å². The van der Waals surface area contributed by atoms with Crippen LogP contribution >= 0.6 is 11.6 Å². The highest BCUT2D eigenvalue weighted by atomic mass is 35.5. The van der Waals surface area contributed by atoms with E-state index in [2.05, 4.69) is 9.84 Å². The summed E-state index contributed by atoms with van der Waals surface area (Å²) in [4.78, 5) is 11.4. The molecule has 0 aliphatic rings. The van der Waals surface area contributed by atoms with Crippen molar-refractivity contribution in [3.63, 3.8) is 0 Å². The summed E-state index contributed by atoms with van der Waals surface area (Å²) >= 11 is 5.89. The second-order valence-corrected chi connectivity index (χ2v) is 4.25. The zero-order chi connectivity index (χ0) is 15.0. The maximum atomic E-state index is 13.7. The highest BCUT2D eigenvalue weighted by molar-refractivity contribution is 6.34. The van der Waals surface area contributed by atoms with Gasteiger partial charge in [-0.15, -0.1) is 0 Å². The van der Waals surface area contributed by atoms with Gasteiger partial charge in [-0.2, -0.15) is 5.10 Å². The van der Waals surface area contributed by atoms with E-state index in [0.29, 0.717) is 12.1 Å². The summed E-state index contributed by atoms with van der Waals surface area (Å²) in [5.74, 6) is -4.43. The number of nitrogens with zero attached hydrogens (tertiary/aromatic N) is 2. The van der Waals surface area contributed by atoms with Crippen LogP contribution in [-0.4, -0.2) is 22.9 Å². The molecule has 106 valence electrons. The van der Waals surface area contributed by atoms with E-state index in [4.69, 9.17) is 11.6 Å². The lowest BCUT2D eigenvalue weighted by Gasteiger charge is -2.06. The number of carbonyl (C=O) groups is 1. The smallest absolute Gasteiger partial charge is 0.360 e. The van der Waals surface area contributed by atoms with E-state index in [9.17, 15) is 18.0 Å². The van der Waals surface area contributed by atoms with Crippen LogP contribution in [0.15, 0.2) is 12.1 Å². The Hall–Kier alpha value is -2.02. The van der Waals surface area contributed by atoms with Crippen LogP contribution in [0.3, 0.4) is 0 Å². The fraction of sp³-hybridized carbons (Fsp3) is 0.167. The zero-order valence-electron chi connectivity index (χ0n) is 10.4. The molecule has 0 saturated heterocycles. The van der Waals surface area contributed by atoms with Crippen molar-refractivity contribution in [3.05, 3.63) is 46.0 Å². The molecule has 0 aliphatic carbocycles. The second kappa shape index (κ2) is 5.16. The molecule has 8 heteroatoms. The molecule has 0 bridgehead atoms. The maximum Gasteiger partial charge on any atom is 0.360 e. The second-order valence-electron chi connectivity index (χ2n) is 3.87. The Labute approximate surface area is 116 Å². The molecule has 0 atom stereocenters. The Morgan fingerprint density at radius 3 is 2.45 bits per heavy atom. The number of halogens is 4. The van der Waals surface area contributed by atoms with Gasteiger partial charge in [0, 0.05) is 12.1 Å². The highest BCUT2D eigenvalue weighted by Gasteiger charge is 2.23. The molecular weight excluding hydrogens is 297 g/mol. The standard InChI is InChI=1S/C12H8ClF3N2O2/c1-5-10(13)11(12(19)20-2)17-18(5)9-4-7(15)6(14)3-8(9)16/h3-4H,1-2H3. The number of hydrogen-bond acceptors (Lipinski definition) is 3. The Morgan fingerprint density at radius 2 is 1.85 bits per heavy atom. The van der Waals surface area contributed by atoms with Crippen LogP contribution in [-0.2, 0) is 4.74 Å². The van der Waals surface area contributed by atoms with Crippen LogP contribution < -0.4 is 0 Å². The highest BCUT2D eigenvalue weighted by Crippen LogP contribution is 2.26. The number of carbonyl (C=O) groups excluding carboxylic acids is 1. The Kier molecular flexibility index (Phi) is 3.71. The van der Waals surface area contributed by atoms with Crippen molar-refractivity contribution in [2.45, 2.75) is 6.92 Å². The molecule has 0 N–H and O–H groups in total. The molecule has 2 rings (SSSR count). The average Bonchev–Trinajstić information content (AvgIpc) is 2.70. The third kappa shape index (κ3) is 2.24. The van der Waals surface area contributed by atoms with Crippen molar-refractivity contribution in [2.24, 2.45) is 0 Å². The summed E-state index contributed by atoms with van der Waals surface area (Å²) in [6.07, 6.45) is 0. The van der Waals surface area contributed by atoms with Gasteiger partial charge in [-0.3, -0.25) is 0 Å². The molecule has 0 aliphatic heterocycles. The minimum absolute atomic E-state index is 0.0546. The van der Waals surface area contributed by atoms with E-state index in [1.165, 1.54) is 6.92 Å². The number of aromatic nitrogens is 2. The van der Waals surface area contributed by atoms with Gasteiger partial charge in [-0.05, 0) is 6.92 Å². The fourth-order valence-corrected chi connectivity index (χ4v) is 1.81. The predicted octanol–water partition coefficient (Wildman–Crippen LogP) is 3.04. The van der Waals surface area contributed by atoms with Gasteiger partial charge in [0.25, 0.3) is 0 Å². The van der Waals surface area contributed by atoms with Crippen molar-refractivity contribution in [1.82, 2.24) is 9.78 Å². The fourth-order valence-electron chi connectivity index (χ4n) is 1.62. The van der Waals surface area contributed by atoms with Gasteiger partial charge in [-0.25, -0.2) is 22.6 Å². The molecule has 4 nitrogen and oxygen atoms in total. The van der Waals surface area contributed by atoms with Gasteiger partial charge in [0.05, 0.1) is 17.8 Å². The van der Waals surface area contributed by atoms with Crippen LogP contribution in [0.4, 0.5) is 13.2 Å². The van der Waals surface area contributed by atoms with Gasteiger partial charge in [0.2, 0.25) is 0 Å².